The van der Waals surface area contributed by atoms with Gasteiger partial charge < -0.3 is 9.73 Å². The molecule has 0 aliphatic carbocycles. The predicted octanol–water partition coefficient (Wildman–Crippen LogP) is 4.72. The summed E-state index contributed by atoms with van der Waals surface area (Å²) < 4.78 is 47.0. The standard InChI is InChI=1S/C25H28FN3O4S/c1-17-13-18(2)16-29(15-17)34(31,32)20-9-7-19(8-10-20)28-24(30)11-12-25-27-14-23(33-25)21-5-3-4-6-22(21)26/h3-10,14,17-18H,11-13,15-16H2,1-2H3,(H,28,30). The van der Waals surface area contributed by atoms with Crippen LogP contribution in [0.5, 0.6) is 0 Å². The highest BCUT2D eigenvalue weighted by atomic mass is 32.2. The van der Waals surface area contributed by atoms with E-state index in [0.717, 1.165) is 6.42 Å². The first-order valence-corrected chi connectivity index (χ1v) is 12.8. The highest BCUT2D eigenvalue weighted by molar-refractivity contribution is 7.89. The average Bonchev–Trinajstić information content (AvgIpc) is 3.26. The van der Waals surface area contributed by atoms with Gasteiger partial charge in [0.2, 0.25) is 15.9 Å². The van der Waals surface area contributed by atoms with Gasteiger partial charge in [-0.05, 0) is 54.7 Å². The fraction of sp³-hybridized carbons (Fsp3) is 0.360. The molecule has 1 saturated heterocycles. The summed E-state index contributed by atoms with van der Waals surface area (Å²) in [5, 5.41) is 2.76. The summed E-state index contributed by atoms with van der Waals surface area (Å²) in [4.78, 5) is 16.7. The van der Waals surface area contributed by atoms with E-state index >= 15 is 0 Å². The highest BCUT2D eigenvalue weighted by Crippen LogP contribution is 2.27. The molecule has 0 spiro atoms. The lowest BCUT2D eigenvalue weighted by atomic mass is 9.94. The molecule has 2 aromatic carbocycles. The number of hydrogen-bond donors (Lipinski definition) is 1. The second-order valence-electron chi connectivity index (χ2n) is 8.94. The van der Waals surface area contributed by atoms with E-state index in [-0.39, 0.29) is 23.6 Å². The fourth-order valence-corrected chi connectivity index (χ4v) is 6.00. The molecular weight excluding hydrogens is 457 g/mol. The first-order chi connectivity index (χ1) is 16.2. The molecule has 2 unspecified atom stereocenters. The summed E-state index contributed by atoms with van der Waals surface area (Å²) in [5.41, 5.74) is 0.818. The van der Waals surface area contributed by atoms with Gasteiger partial charge in [0, 0.05) is 31.6 Å². The van der Waals surface area contributed by atoms with Crippen LogP contribution in [0.1, 0.15) is 32.6 Å². The number of anilines is 1. The summed E-state index contributed by atoms with van der Waals surface area (Å²) in [6.07, 6.45) is 2.82. The van der Waals surface area contributed by atoms with Gasteiger partial charge in [-0.1, -0.05) is 26.0 Å². The molecule has 1 aliphatic rings. The van der Waals surface area contributed by atoms with E-state index in [1.54, 1.807) is 34.6 Å². The molecule has 4 rings (SSSR count). The van der Waals surface area contributed by atoms with Crippen LogP contribution in [0.2, 0.25) is 0 Å². The van der Waals surface area contributed by atoms with E-state index in [9.17, 15) is 17.6 Å². The first-order valence-electron chi connectivity index (χ1n) is 11.3. The van der Waals surface area contributed by atoms with Gasteiger partial charge in [-0.3, -0.25) is 4.79 Å². The molecule has 3 aromatic rings. The second-order valence-corrected chi connectivity index (χ2v) is 10.9. The number of piperidine rings is 1. The molecule has 1 aromatic heterocycles. The smallest absolute Gasteiger partial charge is 0.243 e. The fourth-order valence-electron chi connectivity index (χ4n) is 4.32. The maximum absolute atomic E-state index is 13.9. The zero-order chi connectivity index (χ0) is 24.3. The molecule has 180 valence electrons. The van der Waals surface area contributed by atoms with Gasteiger partial charge >= 0.3 is 0 Å². The largest absolute Gasteiger partial charge is 0.441 e. The van der Waals surface area contributed by atoms with Crippen molar-refractivity contribution in [3.63, 3.8) is 0 Å². The molecule has 0 bridgehead atoms. The monoisotopic (exact) mass is 485 g/mol. The van der Waals surface area contributed by atoms with Crippen molar-refractivity contribution in [2.45, 2.75) is 38.0 Å². The van der Waals surface area contributed by atoms with Gasteiger partial charge in [-0.2, -0.15) is 4.31 Å². The minimum absolute atomic E-state index is 0.112. The van der Waals surface area contributed by atoms with E-state index < -0.39 is 15.8 Å². The second kappa shape index (κ2) is 10.1. The van der Waals surface area contributed by atoms with Gasteiger partial charge in [-0.25, -0.2) is 17.8 Å². The van der Waals surface area contributed by atoms with Crippen molar-refractivity contribution in [3.8, 4) is 11.3 Å². The van der Waals surface area contributed by atoms with Crippen LogP contribution in [-0.4, -0.2) is 36.7 Å². The maximum atomic E-state index is 13.9. The molecule has 1 amide bonds. The van der Waals surface area contributed by atoms with Crippen LogP contribution in [-0.2, 0) is 21.2 Å². The van der Waals surface area contributed by atoms with Crippen molar-refractivity contribution < 1.29 is 22.0 Å². The number of amides is 1. The number of carbonyl (C=O) groups excluding carboxylic acids is 1. The number of halogens is 1. The summed E-state index contributed by atoms with van der Waals surface area (Å²) >= 11 is 0. The number of hydrogen-bond acceptors (Lipinski definition) is 5. The number of sulfonamides is 1. The molecule has 0 saturated carbocycles. The summed E-state index contributed by atoms with van der Waals surface area (Å²) in [5.74, 6) is 0.618. The first kappa shape index (κ1) is 24.1. The number of aromatic nitrogens is 1. The van der Waals surface area contributed by atoms with Gasteiger partial charge in [0.05, 0.1) is 16.7 Å². The van der Waals surface area contributed by atoms with Crippen LogP contribution >= 0.6 is 0 Å². The molecule has 1 fully saturated rings. The Labute approximate surface area is 199 Å². The zero-order valence-electron chi connectivity index (χ0n) is 19.2. The van der Waals surface area contributed by atoms with Crippen molar-refractivity contribution in [2.75, 3.05) is 18.4 Å². The van der Waals surface area contributed by atoms with E-state index in [1.165, 1.54) is 24.4 Å². The third kappa shape index (κ3) is 5.53. The van der Waals surface area contributed by atoms with Crippen molar-refractivity contribution >= 4 is 21.6 Å². The molecular formula is C25H28FN3O4S. The van der Waals surface area contributed by atoms with Crippen LogP contribution < -0.4 is 5.32 Å². The normalized spacial score (nSPS) is 19.1. The summed E-state index contributed by atoms with van der Waals surface area (Å²) in [6, 6.07) is 12.5. The lowest BCUT2D eigenvalue weighted by molar-refractivity contribution is -0.116. The number of aryl methyl sites for hydroxylation is 1. The molecule has 2 heterocycles. The molecule has 34 heavy (non-hydrogen) atoms. The Bertz CT molecular complexity index is 1250. The minimum atomic E-state index is -3.57. The predicted molar refractivity (Wildman–Crippen MR) is 127 cm³/mol. The van der Waals surface area contributed by atoms with Crippen LogP contribution in [0.15, 0.2) is 64.0 Å². The molecule has 2 atom stereocenters. The number of benzene rings is 2. The number of nitrogens with zero attached hydrogens (tertiary/aromatic N) is 2. The lowest BCUT2D eigenvalue weighted by Gasteiger charge is -2.34. The van der Waals surface area contributed by atoms with E-state index in [2.05, 4.69) is 24.1 Å². The Kier molecular flexibility index (Phi) is 7.13. The van der Waals surface area contributed by atoms with Crippen molar-refractivity contribution in [2.24, 2.45) is 11.8 Å². The van der Waals surface area contributed by atoms with E-state index in [1.807, 2.05) is 0 Å². The lowest BCUT2D eigenvalue weighted by Crippen LogP contribution is -2.42. The van der Waals surface area contributed by atoms with Crippen LogP contribution in [0, 0.1) is 17.7 Å². The Balaban J connectivity index is 1.33. The SMILES string of the molecule is CC1CC(C)CN(S(=O)(=O)c2ccc(NC(=O)CCc3ncc(-c4ccccc4F)o3)cc2)C1. The molecule has 7 nitrogen and oxygen atoms in total. The topological polar surface area (TPSA) is 92.5 Å². The van der Waals surface area contributed by atoms with Gasteiger partial charge in [0.25, 0.3) is 0 Å². The van der Waals surface area contributed by atoms with Crippen LogP contribution in [0.4, 0.5) is 10.1 Å². The summed E-state index contributed by atoms with van der Waals surface area (Å²) in [6.45, 7) is 5.17. The van der Waals surface area contributed by atoms with Crippen molar-refractivity contribution in [1.29, 1.82) is 0 Å². The van der Waals surface area contributed by atoms with Crippen LogP contribution in [0.25, 0.3) is 11.3 Å². The Morgan fingerprint density at radius 2 is 1.79 bits per heavy atom. The summed E-state index contributed by atoms with van der Waals surface area (Å²) in [7, 11) is -3.57. The number of oxazole rings is 1. The quantitative estimate of drug-likeness (QED) is 0.523. The van der Waals surface area contributed by atoms with Gasteiger partial charge in [0.15, 0.2) is 11.7 Å². The van der Waals surface area contributed by atoms with E-state index in [4.69, 9.17) is 4.42 Å². The Morgan fingerprint density at radius 3 is 2.47 bits per heavy atom. The molecule has 0 radical (unpaired) electrons. The van der Waals surface area contributed by atoms with Crippen LogP contribution in [0.3, 0.4) is 0 Å². The van der Waals surface area contributed by atoms with Gasteiger partial charge in [0.1, 0.15) is 5.82 Å². The molecule has 9 heteroatoms. The average molecular weight is 486 g/mol. The van der Waals surface area contributed by atoms with Gasteiger partial charge in [-0.15, -0.1) is 0 Å². The molecule has 1 aliphatic heterocycles. The number of carbonyl (C=O) groups is 1. The van der Waals surface area contributed by atoms with Crippen molar-refractivity contribution in [3.05, 3.63) is 66.4 Å². The third-order valence-corrected chi connectivity index (χ3v) is 7.72. The Morgan fingerprint density at radius 1 is 1.12 bits per heavy atom. The zero-order valence-corrected chi connectivity index (χ0v) is 20.0. The van der Waals surface area contributed by atoms with Crippen molar-refractivity contribution in [1.82, 2.24) is 9.29 Å². The molecule has 1 N–H and O–H groups in total. The highest BCUT2D eigenvalue weighted by Gasteiger charge is 2.31. The van der Waals surface area contributed by atoms with E-state index in [0.29, 0.717) is 47.8 Å². The minimum Gasteiger partial charge on any atom is -0.441 e. The maximum Gasteiger partial charge on any atom is 0.243 e. The number of rotatable bonds is 7. The Hall–Kier alpha value is -3.04. The number of nitrogens with one attached hydrogen (secondary N) is 1. The third-order valence-electron chi connectivity index (χ3n) is 5.87.